The summed E-state index contributed by atoms with van der Waals surface area (Å²) >= 11 is 0. The molecule has 2 amide bonds. The molecule has 134 valence electrons. The van der Waals surface area contributed by atoms with E-state index in [1.807, 2.05) is 25.1 Å². The molecule has 0 aliphatic rings. The van der Waals surface area contributed by atoms with E-state index >= 15 is 0 Å². The van der Waals surface area contributed by atoms with Crippen LogP contribution < -0.4 is 15.4 Å². The number of urea groups is 1. The number of halogens is 2. The van der Waals surface area contributed by atoms with E-state index in [4.69, 9.17) is 0 Å². The number of benzene rings is 2. The van der Waals surface area contributed by atoms with Crippen LogP contribution in [0.25, 0.3) is 0 Å². The molecule has 0 spiro atoms. The molecule has 2 aromatic carbocycles. The number of hydrogen-bond acceptors (Lipinski definition) is 2. The van der Waals surface area contributed by atoms with Gasteiger partial charge in [0.25, 0.3) is 0 Å². The number of nitrogens with one attached hydrogen (secondary N) is 2. The molecular weight excluding hydrogens is 326 g/mol. The van der Waals surface area contributed by atoms with Gasteiger partial charge in [-0.3, -0.25) is 0 Å². The third-order valence-electron chi connectivity index (χ3n) is 3.77. The average molecular weight is 348 g/mol. The summed E-state index contributed by atoms with van der Waals surface area (Å²) < 4.78 is 28.5. The fraction of sp³-hybridized carbons (Fsp3) is 0.316. The van der Waals surface area contributed by atoms with Gasteiger partial charge in [-0.2, -0.15) is 8.78 Å². The highest BCUT2D eigenvalue weighted by Crippen LogP contribution is 2.27. The van der Waals surface area contributed by atoms with Gasteiger partial charge in [-0.25, -0.2) is 4.79 Å². The first-order valence-electron chi connectivity index (χ1n) is 8.05. The van der Waals surface area contributed by atoms with Crippen molar-refractivity contribution in [2.75, 3.05) is 5.32 Å². The van der Waals surface area contributed by atoms with Crippen molar-refractivity contribution in [3.05, 3.63) is 59.2 Å². The van der Waals surface area contributed by atoms with E-state index in [1.165, 1.54) is 12.1 Å². The number of ether oxygens (including phenoxy) is 1. The molecule has 4 nitrogen and oxygen atoms in total. The molecule has 0 bridgehead atoms. The first kappa shape index (κ1) is 18.7. The number of amides is 2. The lowest BCUT2D eigenvalue weighted by Gasteiger charge is -2.17. The van der Waals surface area contributed by atoms with Crippen LogP contribution in [0.5, 0.6) is 5.75 Å². The number of alkyl halides is 2. The van der Waals surface area contributed by atoms with Crippen LogP contribution in [-0.4, -0.2) is 12.6 Å². The van der Waals surface area contributed by atoms with E-state index in [0.29, 0.717) is 0 Å². The second-order valence-electron chi connectivity index (χ2n) is 6.02. The Bertz CT molecular complexity index is 716. The van der Waals surface area contributed by atoms with Crippen LogP contribution in [0.3, 0.4) is 0 Å². The third-order valence-corrected chi connectivity index (χ3v) is 3.77. The smallest absolute Gasteiger partial charge is 0.387 e. The maximum atomic E-state index is 12.2. The molecular formula is C19H22F2N2O2. The number of rotatable bonds is 6. The number of carbonyl (C=O) groups is 1. The maximum Gasteiger partial charge on any atom is 0.387 e. The van der Waals surface area contributed by atoms with Crippen LogP contribution in [0.2, 0.25) is 0 Å². The largest absolute Gasteiger partial charge is 0.435 e. The number of para-hydroxylation sites is 1. The maximum absolute atomic E-state index is 12.2. The predicted octanol–water partition coefficient (Wildman–Crippen LogP) is 5.04. The summed E-state index contributed by atoms with van der Waals surface area (Å²) in [4.78, 5) is 12.2. The lowest BCUT2D eigenvalue weighted by atomic mass is 9.98. The SMILES string of the molecule is Cc1cccc(C(C)C)c1NC(=O)NCc1ccc(OC(F)F)cc1. The van der Waals surface area contributed by atoms with Crippen LogP contribution in [0.4, 0.5) is 19.3 Å². The van der Waals surface area contributed by atoms with Crippen LogP contribution in [0.1, 0.15) is 36.5 Å². The average Bonchev–Trinajstić information content (AvgIpc) is 2.55. The van der Waals surface area contributed by atoms with Crippen molar-refractivity contribution >= 4 is 11.7 Å². The summed E-state index contributed by atoms with van der Waals surface area (Å²) in [5.41, 5.74) is 3.67. The Morgan fingerprint density at radius 3 is 2.40 bits per heavy atom. The molecule has 2 aromatic rings. The van der Waals surface area contributed by atoms with Crippen molar-refractivity contribution in [3.63, 3.8) is 0 Å². The molecule has 0 saturated heterocycles. The van der Waals surface area contributed by atoms with Crippen LogP contribution in [-0.2, 0) is 6.54 Å². The zero-order valence-corrected chi connectivity index (χ0v) is 14.5. The molecule has 0 aliphatic carbocycles. The highest BCUT2D eigenvalue weighted by Gasteiger charge is 2.12. The Morgan fingerprint density at radius 2 is 1.80 bits per heavy atom. The summed E-state index contributed by atoms with van der Waals surface area (Å²) in [6.45, 7) is 3.52. The number of hydrogen-bond donors (Lipinski definition) is 2. The van der Waals surface area contributed by atoms with Crippen molar-refractivity contribution in [1.82, 2.24) is 5.32 Å². The summed E-state index contributed by atoms with van der Waals surface area (Å²) in [7, 11) is 0. The molecule has 0 saturated carbocycles. The van der Waals surface area contributed by atoms with Crippen molar-refractivity contribution in [1.29, 1.82) is 0 Å². The van der Waals surface area contributed by atoms with Gasteiger partial charge >= 0.3 is 12.6 Å². The zero-order valence-electron chi connectivity index (χ0n) is 14.5. The molecule has 0 radical (unpaired) electrons. The molecule has 2 N–H and O–H groups in total. The Morgan fingerprint density at radius 1 is 1.12 bits per heavy atom. The molecule has 0 aliphatic heterocycles. The summed E-state index contributed by atoms with van der Waals surface area (Å²) in [6.07, 6.45) is 0. The molecule has 0 unspecified atom stereocenters. The van der Waals surface area contributed by atoms with Crippen molar-refractivity contribution < 1.29 is 18.3 Å². The zero-order chi connectivity index (χ0) is 18.4. The molecule has 0 fully saturated rings. The molecule has 6 heteroatoms. The minimum Gasteiger partial charge on any atom is -0.435 e. The Balaban J connectivity index is 1.95. The summed E-state index contributed by atoms with van der Waals surface area (Å²) in [5, 5.41) is 5.66. The van der Waals surface area contributed by atoms with Gasteiger partial charge in [-0.15, -0.1) is 0 Å². The van der Waals surface area contributed by atoms with Gasteiger partial charge < -0.3 is 15.4 Å². The fourth-order valence-corrected chi connectivity index (χ4v) is 2.47. The fourth-order valence-electron chi connectivity index (χ4n) is 2.47. The lowest BCUT2D eigenvalue weighted by molar-refractivity contribution is -0.0498. The lowest BCUT2D eigenvalue weighted by Crippen LogP contribution is -2.29. The number of anilines is 1. The van der Waals surface area contributed by atoms with Crippen molar-refractivity contribution in [2.45, 2.75) is 39.8 Å². The van der Waals surface area contributed by atoms with Gasteiger partial charge in [0, 0.05) is 12.2 Å². The first-order valence-corrected chi connectivity index (χ1v) is 8.05. The Labute approximate surface area is 146 Å². The van der Waals surface area contributed by atoms with E-state index < -0.39 is 6.61 Å². The molecule has 2 rings (SSSR count). The van der Waals surface area contributed by atoms with E-state index in [1.54, 1.807) is 12.1 Å². The molecule has 0 atom stereocenters. The Kier molecular flexibility index (Phi) is 6.33. The summed E-state index contributed by atoms with van der Waals surface area (Å²) in [5.74, 6) is 0.377. The normalized spacial score (nSPS) is 10.8. The quantitative estimate of drug-likeness (QED) is 0.768. The van der Waals surface area contributed by atoms with E-state index in [-0.39, 0.29) is 24.2 Å². The van der Waals surface area contributed by atoms with E-state index in [9.17, 15) is 13.6 Å². The van der Waals surface area contributed by atoms with Crippen molar-refractivity contribution in [2.24, 2.45) is 0 Å². The second-order valence-corrected chi connectivity index (χ2v) is 6.02. The van der Waals surface area contributed by atoms with Crippen molar-refractivity contribution in [3.8, 4) is 5.75 Å². The second kappa shape index (κ2) is 8.46. The van der Waals surface area contributed by atoms with Gasteiger partial charge in [0.1, 0.15) is 5.75 Å². The van der Waals surface area contributed by atoms with Gasteiger partial charge in [-0.05, 0) is 41.7 Å². The highest BCUT2D eigenvalue weighted by molar-refractivity contribution is 5.91. The summed E-state index contributed by atoms with van der Waals surface area (Å²) in [6, 6.07) is 11.7. The number of carbonyl (C=O) groups excluding carboxylic acids is 1. The van der Waals surface area contributed by atoms with E-state index in [2.05, 4.69) is 29.2 Å². The topological polar surface area (TPSA) is 50.4 Å². The van der Waals surface area contributed by atoms with Gasteiger partial charge in [0.15, 0.2) is 0 Å². The molecule has 0 heterocycles. The van der Waals surface area contributed by atoms with Gasteiger partial charge in [0.05, 0.1) is 0 Å². The minimum atomic E-state index is -2.85. The molecule has 25 heavy (non-hydrogen) atoms. The molecule has 0 aromatic heterocycles. The first-order chi connectivity index (χ1) is 11.9. The van der Waals surface area contributed by atoms with Gasteiger partial charge in [-0.1, -0.05) is 44.2 Å². The monoisotopic (exact) mass is 348 g/mol. The van der Waals surface area contributed by atoms with E-state index in [0.717, 1.165) is 22.4 Å². The minimum absolute atomic E-state index is 0.0877. The van der Waals surface area contributed by atoms with Crippen LogP contribution >= 0.6 is 0 Å². The predicted molar refractivity (Wildman–Crippen MR) is 94.2 cm³/mol. The van der Waals surface area contributed by atoms with Crippen LogP contribution in [0, 0.1) is 6.92 Å². The number of aryl methyl sites for hydroxylation is 1. The standard InChI is InChI=1S/C19H22F2N2O2/c1-12(2)16-6-4-5-13(3)17(16)23-19(24)22-11-14-7-9-15(10-8-14)25-18(20)21/h4-10,12,18H,11H2,1-3H3,(H2,22,23,24). The van der Waals surface area contributed by atoms with Gasteiger partial charge in [0.2, 0.25) is 0 Å². The van der Waals surface area contributed by atoms with Crippen LogP contribution in [0.15, 0.2) is 42.5 Å². The third kappa shape index (κ3) is 5.45. The Hall–Kier alpha value is -2.63. The highest BCUT2D eigenvalue weighted by atomic mass is 19.3.